The van der Waals surface area contributed by atoms with Gasteiger partial charge in [-0.05, 0) is 33.1 Å². The summed E-state index contributed by atoms with van der Waals surface area (Å²) in [6.07, 6.45) is 0. The van der Waals surface area contributed by atoms with Crippen molar-refractivity contribution >= 4 is 11.8 Å². The number of carbonyl (C=O) groups excluding carboxylic acids is 2. The van der Waals surface area contributed by atoms with E-state index < -0.39 is 11.8 Å². The number of hydrogen-bond donors (Lipinski definition) is 1. The van der Waals surface area contributed by atoms with Gasteiger partial charge in [-0.1, -0.05) is 95.3 Å². The minimum Gasteiger partial charge on any atom is -0.361 e. The van der Waals surface area contributed by atoms with Crippen LogP contribution in [0.1, 0.15) is 63.8 Å². The van der Waals surface area contributed by atoms with Gasteiger partial charge in [-0.3, -0.25) is 9.59 Å². The molecule has 162 valence electrons. The zero-order chi connectivity index (χ0) is 22.5. The Hall–Kier alpha value is -2.70. The van der Waals surface area contributed by atoms with Crippen molar-refractivity contribution in [2.45, 2.75) is 65.6 Å². The summed E-state index contributed by atoms with van der Waals surface area (Å²) in [5.74, 6) is -2.21. The second kappa shape index (κ2) is 9.41. The molecule has 6 nitrogen and oxygen atoms in total. The molecule has 0 fully saturated rings. The maximum atomic E-state index is 12.1. The number of amides is 2. The number of carbonyl (C=O) groups is 2. The molecule has 2 aromatic carbocycles. The highest BCUT2D eigenvalue weighted by Crippen LogP contribution is 2.23. The van der Waals surface area contributed by atoms with Crippen LogP contribution in [-0.2, 0) is 43.3 Å². The molecule has 2 N–H and O–H groups in total. The summed E-state index contributed by atoms with van der Waals surface area (Å²) >= 11 is 0. The van der Waals surface area contributed by atoms with E-state index in [1.807, 2.05) is 48.5 Å². The van der Waals surface area contributed by atoms with Crippen molar-refractivity contribution in [3.8, 4) is 0 Å². The van der Waals surface area contributed by atoms with Crippen LogP contribution < -0.4 is 5.73 Å². The van der Waals surface area contributed by atoms with E-state index >= 15 is 0 Å². The molecule has 6 heteroatoms. The van der Waals surface area contributed by atoms with Gasteiger partial charge in [0.1, 0.15) is 13.2 Å². The van der Waals surface area contributed by atoms with E-state index in [2.05, 4.69) is 41.5 Å². The lowest BCUT2D eigenvalue weighted by Gasteiger charge is -2.21. The van der Waals surface area contributed by atoms with Gasteiger partial charge in [-0.15, -0.1) is 0 Å². The molecule has 0 saturated carbocycles. The molecular weight excluding hydrogens is 380 g/mol. The van der Waals surface area contributed by atoms with Gasteiger partial charge in [0.05, 0.1) is 0 Å². The first-order chi connectivity index (χ1) is 13.9. The van der Waals surface area contributed by atoms with Crippen LogP contribution >= 0.6 is 0 Å². The third kappa shape index (κ3) is 6.68. The zero-order valence-electron chi connectivity index (χ0n) is 18.7. The molecule has 30 heavy (non-hydrogen) atoms. The second-order valence-corrected chi connectivity index (χ2v) is 9.37. The molecule has 2 amide bonds. The van der Waals surface area contributed by atoms with Crippen molar-refractivity contribution in [3.05, 3.63) is 70.8 Å². The van der Waals surface area contributed by atoms with Gasteiger partial charge in [-0.25, -0.2) is 9.68 Å². The Kier molecular flexibility index (Phi) is 7.39. The van der Waals surface area contributed by atoms with Gasteiger partial charge in [0.25, 0.3) is 0 Å². The molecule has 0 radical (unpaired) electrons. The van der Waals surface area contributed by atoms with E-state index in [9.17, 15) is 9.59 Å². The highest BCUT2D eigenvalue weighted by molar-refractivity contribution is 6.33. The maximum absolute atomic E-state index is 12.1. The monoisotopic (exact) mass is 412 g/mol. The average Bonchev–Trinajstić information content (AvgIpc) is 2.66. The van der Waals surface area contributed by atoms with Gasteiger partial charge in [0.2, 0.25) is 0 Å². The van der Waals surface area contributed by atoms with Crippen LogP contribution in [0.2, 0.25) is 0 Å². The quantitative estimate of drug-likeness (QED) is 0.571. The van der Waals surface area contributed by atoms with Crippen molar-refractivity contribution in [2.24, 2.45) is 5.73 Å². The highest BCUT2D eigenvalue weighted by atomic mass is 17.0. The predicted molar refractivity (Wildman–Crippen MR) is 116 cm³/mol. The number of primary amides is 1. The Labute approximate surface area is 178 Å². The lowest BCUT2D eigenvalue weighted by Crippen LogP contribution is -2.40. The maximum Gasteiger partial charge on any atom is 0.361 e. The van der Waals surface area contributed by atoms with Gasteiger partial charge in [0.15, 0.2) is 0 Å². The Morgan fingerprint density at radius 1 is 0.733 bits per heavy atom. The van der Waals surface area contributed by atoms with Gasteiger partial charge >= 0.3 is 11.8 Å². The number of hydrogen-bond acceptors (Lipinski definition) is 4. The van der Waals surface area contributed by atoms with Gasteiger partial charge < -0.3 is 5.73 Å². The molecule has 0 aliphatic rings. The Morgan fingerprint density at radius 2 is 1.07 bits per heavy atom. The Morgan fingerprint density at radius 3 is 1.33 bits per heavy atom. The topological polar surface area (TPSA) is 81.9 Å². The minimum atomic E-state index is -1.15. The Balaban J connectivity index is 2.02. The van der Waals surface area contributed by atoms with Crippen LogP contribution in [-0.4, -0.2) is 17.0 Å². The Bertz CT molecular complexity index is 799. The van der Waals surface area contributed by atoms with E-state index in [0.29, 0.717) is 5.23 Å². The lowest BCUT2D eigenvalue weighted by molar-refractivity contribution is -0.350. The van der Waals surface area contributed by atoms with Crippen LogP contribution in [0.5, 0.6) is 0 Å². The third-order valence-corrected chi connectivity index (χ3v) is 4.71. The first-order valence-corrected chi connectivity index (χ1v) is 9.96. The van der Waals surface area contributed by atoms with Crippen LogP contribution in [0.4, 0.5) is 0 Å². The first kappa shape index (κ1) is 23.6. The van der Waals surface area contributed by atoms with Crippen LogP contribution in [0.25, 0.3) is 0 Å². The van der Waals surface area contributed by atoms with E-state index in [-0.39, 0.29) is 24.0 Å². The highest BCUT2D eigenvalue weighted by Gasteiger charge is 2.22. The molecule has 0 aromatic heterocycles. The minimum absolute atomic E-state index is 0.0407. The zero-order valence-corrected chi connectivity index (χ0v) is 18.7. The van der Waals surface area contributed by atoms with E-state index in [4.69, 9.17) is 15.4 Å². The van der Waals surface area contributed by atoms with Gasteiger partial charge in [0, 0.05) is 0 Å². The number of hydroxylamine groups is 2. The summed E-state index contributed by atoms with van der Waals surface area (Å²) in [4.78, 5) is 34.3. The number of rotatable bonds is 6. The standard InChI is InChI=1S/C24H32N2O4/c1-23(2,3)19-11-7-17(8-12-19)15-29-26(22(28)21(25)27)30-16-18-9-13-20(14-10-18)24(4,5)6/h7-14H,15-16H2,1-6H3,(H2,25,27). The molecule has 0 bridgehead atoms. The summed E-state index contributed by atoms with van der Waals surface area (Å²) in [6.45, 7) is 12.9. The van der Waals surface area contributed by atoms with Crippen molar-refractivity contribution in [1.82, 2.24) is 5.23 Å². The third-order valence-electron chi connectivity index (χ3n) is 4.71. The van der Waals surface area contributed by atoms with Gasteiger partial charge in [-0.2, -0.15) is 0 Å². The molecular formula is C24H32N2O4. The molecule has 0 saturated heterocycles. The molecule has 2 aromatic rings. The molecule has 0 atom stereocenters. The lowest BCUT2D eigenvalue weighted by atomic mass is 9.87. The summed E-state index contributed by atoms with van der Waals surface area (Å²) in [6, 6.07) is 15.7. The SMILES string of the molecule is CC(C)(C)c1ccc(CON(OCc2ccc(C(C)(C)C)cc2)C(=O)C(N)=O)cc1. The van der Waals surface area contributed by atoms with Crippen molar-refractivity contribution in [2.75, 3.05) is 0 Å². The first-order valence-electron chi connectivity index (χ1n) is 9.96. The number of nitrogens with two attached hydrogens (primary N) is 1. The fourth-order valence-electron chi connectivity index (χ4n) is 2.71. The van der Waals surface area contributed by atoms with Crippen LogP contribution in [0.15, 0.2) is 48.5 Å². The van der Waals surface area contributed by atoms with Crippen LogP contribution in [0, 0.1) is 0 Å². The molecule has 0 aliphatic heterocycles. The molecule has 0 unspecified atom stereocenters. The summed E-state index contributed by atoms with van der Waals surface area (Å²) in [5.41, 5.74) is 9.25. The fourth-order valence-corrected chi connectivity index (χ4v) is 2.71. The van der Waals surface area contributed by atoms with E-state index in [1.54, 1.807) is 0 Å². The van der Waals surface area contributed by atoms with E-state index in [0.717, 1.165) is 11.1 Å². The second-order valence-electron chi connectivity index (χ2n) is 9.37. The largest absolute Gasteiger partial charge is 0.361 e. The smallest absolute Gasteiger partial charge is 0.361 e. The van der Waals surface area contributed by atoms with Crippen molar-refractivity contribution in [1.29, 1.82) is 0 Å². The van der Waals surface area contributed by atoms with Crippen molar-refractivity contribution < 1.29 is 19.3 Å². The summed E-state index contributed by atoms with van der Waals surface area (Å²) in [5, 5.41) is 0.567. The van der Waals surface area contributed by atoms with Crippen LogP contribution in [0.3, 0.4) is 0 Å². The molecule has 2 rings (SSSR count). The fraction of sp³-hybridized carbons (Fsp3) is 0.417. The predicted octanol–water partition coefficient (Wildman–Crippen LogP) is 4.16. The summed E-state index contributed by atoms with van der Waals surface area (Å²) < 4.78 is 0. The normalized spacial score (nSPS) is 11.9. The molecule has 0 heterocycles. The summed E-state index contributed by atoms with van der Waals surface area (Å²) in [7, 11) is 0. The van der Waals surface area contributed by atoms with E-state index in [1.165, 1.54) is 11.1 Å². The average molecular weight is 413 g/mol. The molecule has 0 spiro atoms. The number of nitrogens with zero attached hydrogens (tertiary/aromatic N) is 1. The number of benzene rings is 2. The van der Waals surface area contributed by atoms with Crippen molar-refractivity contribution in [3.63, 3.8) is 0 Å². The molecule has 0 aliphatic carbocycles.